The molecule has 0 radical (unpaired) electrons. The topological polar surface area (TPSA) is 66.5 Å². The fourth-order valence-corrected chi connectivity index (χ4v) is 4.85. The van der Waals surface area contributed by atoms with Gasteiger partial charge in [-0.15, -0.1) is 0 Å². The van der Waals surface area contributed by atoms with Gasteiger partial charge in [0.2, 0.25) is 15.9 Å². The number of nitrogens with one attached hydrogen (secondary N) is 1. The summed E-state index contributed by atoms with van der Waals surface area (Å²) in [5.74, 6) is 0.116. The Morgan fingerprint density at radius 2 is 1.59 bits per heavy atom. The van der Waals surface area contributed by atoms with Crippen molar-refractivity contribution >= 4 is 15.9 Å². The quantitative estimate of drug-likeness (QED) is 0.793. The summed E-state index contributed by atoms with van der Waals surface area (Å²) >= 11 is 0. The lowest BCUT2D eigenvalue weighted by Crippen LogP contribution is -2.41. The van der Waals surface area contributed by atoms with Gasteiger partial charge in [0.25, 0.3) is 0 Å². The Kier molecular flexibility index (Phi) is 6.29. The van der Waals surface area contributed by atoms with E-state index >= 15 is 0 Å². The molecule has 1 N–H and O–H groups in total. The number of sulfonamides is 1. The van der Waals surface area contributed by atoms with E-state index in [2.05, 4.69) is 5.32 Å². The van der Waals surface area contributed by atoms with Crippen LogP contribution < -0.4 is 5.32 Å². The lowest BCUT2D eigenvalue weighted by atomic mass is 9.91. The van der Waals surface area contributed by atoms with E-state index in [1.807, 2.05) is 30.3 Å². The molecule has 0 spiro atoms. The van der Waals surface area contributed by atoms with Gasteiger partial charge in [0, 0.05) is 7.05 Å². The maximum atomic E-state index is 12.7. The highest BCUT2D eigenvalue weighted by Gasteiger charge is 2.29. The zero-order valence-electron chi connectivity index (χ0n) is 15.5. The highest BCUT2D eigenvalue weighted by Crippen LogP contribution is 2.35. The second-order valence-corrected chi connectivity index (χ2v) is 9.12. The van der Waals surface area contributed by atoms with Crippen molar-refractivity contribution in [2.45, 2.75) is 36.6 Å². The molecule has 6 heteroatoms. The summed E-state index contributed by atoms with van der Waals surface area (Å²) in [4.78, 5) is 12.8. The summed E-state index contributed by atoms with van der Waals surface area (Å²) in [5, 5.41) is 3.08. The van der Waals surface area contributed by atoms with Gasteiger partial charge in [0.05, 0.1) is 17.5 Å². The standard InChI is InChI=1S/C21H26N2O3S/c1-23(27(25,26)19-14-6-3-7-15-19)16-20(24)22-21(18-12-8-9-13-18)17-10-4-2-5-11-17/h2-7,10-11,14-15,18,21H,8-9,12-13,16H2,1H3,(H,22,24). The van der Waals surface area contributed by atoms with E-state index in [4.69, 9.17) is 0 Å². The number of benzene rings is 2. The molecule has 2 aromatic carbocycles. The van der Waals surface area contributed by atoms with Crippen LogP contribution in [-0.2, 0) is 14.8 Å². The molecule has 0 aromatic heterocycles. The van der Waals surface area contributed by atoms with Crippen molar-refractivity contribution in [2.75, 3.05) is 13.6 Å². The van der Waals surface area contributed by atoms with Crippen LogP contribution in [0.4, 0.5) is 0 Å². The van der Waals surface area contributed by atoms with Crippen molar-refractivity contribution in [3.05, 3.63) is 66.2 Å². The minimum Gasteiger partial charge on any atom is -0.348 e. The molecule has 5 nitrogen and oxygen atoms in total. The smallest absolute Gasteiger partial charge is 0.243 e. The van der Waals surface area contributed by atoms with Crippen molar-refractivity contribution in [2.24, 2.45) is 5.92 Å². The van der Waals surface area contributed by atoms with Crippen molar-refractivity contribution in [3.63, 3.8) is 0 Å². The molecule has 144 valence electrons. The Morgan fingerprint density at radius 3 is 2.19 bits per heavy atom. The number of rotatable bonds is 7. The Balaban J connectivity index is 1.71. The van der Waals surface area contributed by atoms with Crippen molar-refractivity contribution < 1.29 is 13.2 Å². The first-order valence-electron chi connectivity index (χ1n) is 9.34. The summed E-state index contributed by atoms with van der Waals surface area (Å²) in [6.45, 7) is -0.201. The molecule has 1 aliphatic carbocycles. The third-order valence-electron chi connectivity index (χ3n) is 5.16. The minimum absolute atomic E-state index is 0.0750. The minimum atomic E-state index is -3.68. The van der Waals surface area contributed by atoms with Gasteiger partial charge in [-0.1, -0.05) is 61.4 Å². The van der Waals surface area contributed by atoms with Crippen LogP contribution in [-0.4, -0.2) is 32.2 Å². The van der Waals surface area contributed by atoms with Crippen molar-refractivity contribution in [1.82, 2.24) is 9.62 Å². The zero-order valence-corrected chi connectivity index (χ0v) is 16.4. The Bertz CT molecular complexity index is 848. The fraction of sp³-hybridized carbons (Fsp3) is 0.381. The van der Waals surface area contributed by atoms with E-state index in [9.17, 15) is 13.2 Å². The first-order valence-corrected chi connectivity index (χ1v) is 10.8. The number of carbonyl (C=O) groups is 1. The monoisotopic (exact) mass is 386 g/mol. The highest BCUT2D eigenvalue weighted by molar-refractivity contribution is 7.89. The van der Waals surface area contributed by atoms with Crippen LogP contribution in [0.1, 0.15) is 37.3 Å². The Morgan fingerprint density at radius 1 is 1.04 bits per heavy atom. The largest absolute Gasteiger partial charge is 0.348 e. The zero-order chi connectivity index (χ0) is 19.3. The molecule has 0 saturated heterocycles. The molecule has 2 aromatic rings. The fourth-order valence-electron chi connectivity index (χ4n) is 3.70. The van der Waals surface area contributed by atoms with E-state index in [0.717, 1.165) is 22.7 Å². The van der Waals surface area contributed by atoms with E-state index in [1.165, 1.54) is 32.0 Å². The number of amides is 1. The lowest BCUT2D eigenvalue weighted by Gasteiger charge is -2.26. The predicted molar refractivity (Wildman–Crippen MR) is 106 cm³/mol. The first-order chi connectivity index (χ1) is 13.0. The van der Waals surface area contributed by atoms with Gasteiger partial charge in [-0.2, -0.15) is 4.31 Å². The van der Waals surface area contributed by atoms with Gasteiger partial charge >= 0.3 is 0 Å². The van der Waals surface area contributed by atoms with Crippen LogP contribution in [0.25, 0.3) is 0 Å². The molecule has 1 saturated carbocycles. The van der Waals surface area contributed by atoms with Gasteiger partial charge in [0.15, 0.2) is 0 Å². The predicted octanol–water partition coefficient (Wildman–Crippen LogP) is 3.35. The summed E-state index contributed by atoms with van der Waals surface area (Å²) < 4.78 is 26.4. The lowest BCUT2D eigenvalue weighted by molar-refractivity contribution is -0.122. The average molecular weight is 387 g/mol. The van der Waals surface area contributed by atoms with Gasteiger partial charge in [-0.05, 0) is 36.5 Å². The maximum Gasteiger partial charge on any atom is 0.243 e. The normalized spacial score (nSPS) is 16.4. The molecule has 1 aliphatic rings. The van der Waals surface area contributed by atoms with Gasteiger partial charge < -0.3 is 5.32 Å². The molecular formula is C21H26N2O3S. The number of hydrogen-bond donors (Lipinski definition) is 1. The van der Waals surface area contributed by atoms with Gasteiger partial charge in [-0.3, -0.25) is 4.79 Å². The molecule has 1 amide bonds. The average Bonchev–Trinajstić information content (AvgIpc) is 3.22. The van der Waals surface area contributed by atoms with Crippen molar-refractivity contribution in [3.8, 4) is 0 Å². The molecule has 0 heterocycles. The van der Waals surface area contributed by atoms with Crippen molar-refractivity contribution in [1.29, 1.82) is 0 Å². The second kappa shape index (κ2) is 8.67. The van der Waals surface area contributed by atoms with Crippen LogP contribution in [0.2, 0.25) is 0 Å². The maximum absolute atomic E-state index is 12.7. The number of carbonyl (C=O) groups excluding carboxylic acids is 1. The van der Waals surface area contributed by atoms with E-state index < -0.39 is 10.0 Å². The summed E-state index contributed by atoms with van der Waals surface area (Å²) in [5.41, 5.74) is 1.08. The first kappa shape index (κ1) is 19.6. The Labute approximate surface area is 161 Å². The van der Waals surface area contributed by atoms with Crippen LogP contribution in [0.3, 0.4) is 0 Å². The number of likely N-dealkylation sites (N-methyl/N-ethyl adjacent to an activating group) is 1. The van der Waals surface area contributed by atoms with Crippen LogP contribution in [0, 0.1) is 5.92 Å². The molecule has 1 fully saturated rings. The van der Waals surface area contributed by atoms with Crippen LogP contribution in [0.5, 0.6) is 0 Å². The Hall–Kier alpha value is -2.18. The number of nitrogens with zero attached hydrogens (tertiary/aromatic N) is 1. The highest BCUT2D eigenvalue weighted by atomic mass is 32.2. The second-order valence-electron chi connectivity index (χ2n) is 7.07. The van der Waals surface area contributed by atoms with Crippen LogP contribution in [0.15, 0.2) is 65.6 Å². The van der Waals surface area contributed by atoms with E-state index in [-0.39, 0.29) is 23.4 Å². The van der Waals surface area contributed by atoms with E-state index in [1.54, 1.807) is 18.2 Å². The summed E-state index contributed by atoms with van der Waals surface area (Å²) in [7, 11) is -2.24. The molecule has 1 atom stereocenters. The van der Waals surface area contributed by atoms with Crippen LogP contribution >= 0.6 is 0 Å². The molecule has 0 bridgehead atoms. The molecular weight excluding hydrogens is 360 g/mol. The molecule has 27 heavy (non-hydrogen) atoms. The SMILES string of the molecule is CN(CC(=O)NC(c1ccccc1)C1CCCC1)S(=O)(=O)c1ccccc1. The number of hydrogen-bond acceptors (Lipinski definition) is 3. The molecule has 3 rings (SSSR count). The van der Waals surface area contributed by atoms with Gasteiger partial charge in [0.1, 0.15) is 0 Å². The molecule has 1 unspecified atom stereocenters. The van der Waals surface area contributed by atoms with E-state index in [0.29, 0.717) is 5.92 Å². The third kappa shape index (κ3) is 4.76. The summed E-state index contributed by atoms with van der Waals surface area (Å²) in [6, 6.07) is 18.0. The summed E-state index contributed by atoms with van der Waals surface area (Å²) in [6.07, 6.45) is 4.51. The molecule has 0 aliphatic heterocycles. The van der Waals surface area contributed by atoms with Gasteiger partial charge in [-0.25, -0.2) is 8.42 Å². The third-order valence-corrected chi connectivity index (χ3v) is 6.98.